The monoisotopic (exact) mass is 240 g/mol. The van der Waals surface area contributed by atoms with Crippen molar-refractivity contribution in [3.63, 3.8) is 0 Å². The number of hydrogen-bond donors (Lipinski definition) is 0. The van der Waals surface area contributed by atoms with Gasteiger partial charge in [0.25, 0.3) is 0 Å². The van der Waals surface area contributed by atoms with Crippen LogP contribution < -0.4 is 0 Å². The molecule has 10 radical (unpaired) electrons. The van der Waals surface area contributed by atoms with Crippen LogP contribution in [0.5, 0.6) is 0 Å². The van der Waals surface area contributed by atoms with Gasteiger partial charge in [-0.3, -0.25) is 0 Å². The molecule has 0 unspecified atom stereocenters. The Balaban J connectivity index is 2.15. The quantitative estimate of drug-likeness (QED) is 0.670. The molecule has 0 aliphatic heterocycles. The van der Waals surface area contributed by atoms with Gasteiger partial charge in [-0.15, -0.1) is 11.8 Å². The molecule has 0 atom stereocenters. The Labute approximate surface area is 111 Å². The average molecular weight is 240 g/mol. The minimum atomic E-state index is 1.29. The molecule has 0 bridgehead atoms. The van der Waals surface area contributed by atoms with Gasteiger partial charge < -0.3 is 0 Å². The van der Waals surface area contributed by atoms with E-state index in [1.807, 2.05) is 0 Å². The van der Waals surface area contributed by atoms with Gasteiger partial charge >= 0.3 is 0 Å². The standard InChI is InChI=1S/C16H16S/c1-3-15(13-8-4-5-9-13)16(12-17-2)14-10-6-7-11-14/h3-12H,1-2H3/b15-3-,16-12+. The van der Waals surface area contributed by atoms with Crippen LogP contribution in [0.15, 0.2) is 22.6 Å². The molecule has 2 aliphatic rings. The fourth-order valence-electron chi connectivity index (χ4n) is 1.99. The van der Waals surface area contributed by atoms with E-state index in [0.29, 0.717) is 0 Å². The maximum absolute atomic E-state index is 2.22. The van der Waals surface area contributed by atoms with E-state index in [0.717, 1.165) is 0 Å². The first-order valence-electron chi connectivity index (χ1n) is 5.70. The van der Waals surface area contributed by atoms with E-state index in [1.165, 1.54) is 23.0 Å². The van der Waals surface area contributed by atoms with Crippen molar-refractivity contribution in [3.8, 4) is 0 Å². The summed E-state index contributed by atoms with van der Waals surface area (Å²) in [6.45, 7) is 2.10. The van der Waals surface area contributed by atoms with Crippen LogP contribution in [0.4, 0.5) is 0 Å². The van der Waals surface area contributed by atoms with Gasteiger partial charge in [0, 0.05) is 11.8 Å². The van der Waals surface area contributed by atoms with Crippen LogP contribution in [-0.4, -0.2) is 6.26 Å². The molecule has 17 heavy (non-hydrogen) atoms. The normalized spacial score (nSPS) is 24.8. The summed E-state index contributed by atoms with van der Waals surface area (Å²) >= 11 is 1.75. The van der Waals surface area contributed by atoms with Crippen LogP contribution in [0.3, 0.4) is 0 Å². The van der Waals surface area contributed by atoms with Crippen molar-refractivity contribution in [2.24, 2.45) is 0 Å². The molecule has 0 aromatic carbocycles. The van der Waals surface area contributed by atoms with Crippen LogP contribution in [0.25, 0.3) is 0 Å². The van der Waals surface area contributed by atoms with E-state index in [4.69, 9.17) is 0 Å². The van der Waals surface area contributed by atoms with E-state index < -0.39 is 0 Å². The molecule has 2 saturated carbocycles. The fraction of sp³-hybridized carbons (Fsp3) is 0.125. The molecular weight excluding hydrogens is 224 g/mol. The Morgan fingerprint density at radius 1 is 0.882 bits per heavy atom. The summed E-state index contributed by atoms with van der Waals surface area (Å²) < 4.78 is 0. The van der Waals surface area contributed by atoms with Crippen molar-refractivity contribution in [1.82, 2.24) is 0 Å². The molecule has 0 N–H and O–H groups in total. The molecule has 0 aromatic rings. The molecule has 0 aromatic heterocycles. The van der Waals surface area contributed by atoms with Crippen molar-refractivity contribution < 1.29 is 0 Å². The van der Waals surface area contributed by atoms with Gasteiger partial charge in [-0.05, 0) is 81.1 Å². The second-order valence-electron chi connectivity index (χ2n) is 3.82. The van der Waals surface area contributed by atoms with Crippen molar-refractivity contribution >= 4 is 11.8 Å². The van der Waals surface area contributed by atoms with Gasteiger partial charge in [0.1, 0.15) is 0 Å². The van der Waals surface area contributed by atoms with E-state index in [2.05, 4.69) is 76.0 Å². The molecule has 0 saturated heterocycles. The first-order chi connectivity index (χ1) is 8.36. The van der Waals surface area contributed by atoms with Gasteiger partial charge in [-0.25, -0.2) is 0 Å². The second-order valence-corrected chi connectivity index (χ2v) is 4.52. The molecule has 86 valence electrons. The Morgan fingerprint density at radius 2 is 1.35 bits per heavy atom. The molecule has 2 aliphatic carbocycles. The van der Waals surface area contributed by atoms with E-state index >= 15 is 0 Å². The molecule has 2 rings (SSSR count). The summed E-state index contributed by atoms with van der Waals surface area (Å²) in [6.07, 6.45) is 21.3. The van der Waals surface area contributed by atoms with Gasteiger partial charge in [-0.2, -0.15) is 0 Å². The lowest BCUT2D eigenvalue weighted by atomic mass is 9.84. The lowest BCUT2D eigenvalue weighted by molar-refractivity contribution is 1.17. The molecule has 1 heteroatoms. The fourth-order valence-corrected chi connectivity index (χ4v) is 2.49. The Bertz CT molecular complexity index is 289. The van der Waals surface area contributed by atoms with Crippen molar-refractivity contribution in [2.75, 3.05) is 6.26 Å². The summed E-state index contributed by atoms with van der Waals surface area (Å²) in [4.78, 5) is 0. The van der Waals surface area contributed by atoms with Crippen LogP contribution in [-0.2, 0) is 0 Å². The number of thioether (sulfide) groups is 1. The third-order valence-electron chi connectivity index (χ3n) is 2.76. The SMILES string of the molecule is C/C=C([C]1[CH][CH][CH][CH]1)\C(=C\SC)[C]1[CH][CH][CH][CH]1. The maximum Gasteiger partial charge on any atom is 0.0132 e. The third kappa shape index (κ3) is 3.19. The summed E-state index contributed by atoms with van der Waals surface area (Å²) in [5.41, 5.74) is 2.60. The van der Waals surface area contributed by atoms with Gasteiger partial charge in [0.05, 0.1) is 0 Å². The molecular formula is C16H16S. The molecule has 0 spiro atoms. The second kappa shape index (κ2) is 6.68. The van der Waals surface area contributed by atoms with Crippen molar-refractivity contribution in [1.29, 1.82) is 0 Å². The predicted molar refractivity (Wildman–Crippen MR) is 76.2 cm³/mol. The zero-order valence-electron chi connectivity index (χ0n) is 10.2. The summed E-state index contributed by atoms with van der Waals surface area (Å²) in [5, 5.41) is 2.22. The highest BCUT2D eigenvalue weighted by Gasteiger charge is 2.29. The van der Waals surface area contributed by atoms with E-state index in [9.17, 15) is 0 Å². The van der Waals surface area contributed by atoms with Gasteiger partial charge in [-0.1, -0.05) is 6.08 Å². The minimum Gasteiger partial charge on any atom is -0.137 e. The Hall–Kier alpha value is -0.170. The van der Waals surface area contributed by atoms with Crippen LogP contribution in [0, 0.1) is 63.2 Å². The van der Waals surface area contributed by atoms with E-state index in [-0.39, 0.29) is 0 Å². The number of hydrogen-bond acceptors (Lipinski definition) is 1. The molecule has 0 heterocycles. The third-order valence-corrected chi connectivity index (χ3v) is 3.23. The zero-order valence-corrected chi connectivity index (χ0v) is 11.0. The van der Waals surface area contributed by atoms with Crippen molar-refractivity contribution in [2.45, 2.75) is 6.92 Å². The highest BCUT2D eigenvalue weighted by molar-refractivity contribution is 8.01. The number of rotatable bonds is 4. The van der Waals surface area contributed by atoms with E-state index in [1.54, 1.807) is 11.8 Å². The van der Waals surface area contributed by atoms with Crippen molar-refractivity contribution in [3.05, 3.63) is 85.8 Å². The summed E-state index contributed by atoms with van der Waals surface area (Å²) in [6, 6.07) is 0. The molecule has 2 fully saturated rings. The predicted octanol–water partition coefficient (Wildman–Crippen LogP) is 3.99. The number of allylic oxidation sites excluding steroid dienone is 3. The van der Waals surface area contributed by atoms with Crippen LogP contribution in [0.2, 0.25) is 0 Å². The van der Waals surface area contributed by atoms with Crippen LogP contribution >= 0.6 is 11.8 Å². The highest BCUT2D eigenvalue weighted by atomic mass is 32.2. The Morgan fingerprint density at radius 3 is 1.76 bits per heavy atom. The largest absolute Gasteiger partial charge is 0.137 e. The highest BCUT2D eigenvalue weighted by Crippen LogP contribution is 2.42. The summed E-state index contributed by atoms with van der Waals surface area (Å²) in [7, 11) is 0. The summed E-state index contributed by atoms with van der Waals surface area (Å²) in [5.74, 6) is 2.57. The average Bonchev–Trinajstić information content (AvgIpc) is 3.02. The Kier molecular flexibility index (Phi) is 5.21. The zero-order chi connectivity index (χ0) is 12.1. The maximum atomic E-state index is 2.22. The van der Waals surface area contributed by atoms with Gasteiger partial charge in [0.15, 0.2) is 0 Å². The minimum absolute atomic E-state index is 1.29. The lowest BCUT2D eigenvalue weighted by Gasteiger charge is -2.21. The smallest absolute Gasteiger partial charge is 0.0132 e. The topological polar surface area (TPSA) is 0 Å². The molecule has 0 amide bonds. The first-order valence-corrected chi connectivity index (χ1v) is 6.99. The van der Waals surface area contributed by atoms with Gasteiger partial charge in [0.2, 0.25) is 0 Å². The molecule has 0 nitrogen and oxygen atoms in total. The first kappa shape index (κ1) is 13.3. The lowest BCUT2D eigenvalue weighted by Crippen LogP contribution is -2.07. The van der Waals surface area contributed by atoms with Crippen LogP contribution in [0.1, 0.15) is 6.92 Å².